The molecule has 0 saturated heterocycles. The van der Waals surface area contributed by atoms with Gasteiger partial charge in [-0.15, -0.1) is 0 Å². The van der Waals surface area contributed by atoms with E-state index in [2.05, 4.69) is 130 Å². The van der Waals surface area contributed by atoms with Gasteiger partial charge in [0.1, 0.15) is 23.7 Å². The maximum absolute atomic E-state index is 7.05. The molecule has 2 heterocycles. The van der Waals surface area contributed by atoms with E-state index >= 15 is 0 Å². The Hall–Kier alpha value is -5.75. The van der Waals surface area contributed by atoms with Crippen LogP contribution in [-0.2, 0) is 9.31 Å². The second-order valence-electron chi connectivity index (χ2n) is 13.5. The van der Waals surface area contributed by atoms with Crippen LogP contribution in [0.4, 0.5) is 0 Å². The molecule has 7 heteroatoms. The molecule has 0 saturated carbocycles. The van der Waals surface area contributed by atoms with Crippen LogP contribution >= 0.6 is 0 Å². The third kappa shape index (κ3) is 9.01. The van der Waals surface area contributed by atoms with Crippen molar-refractivity contribution in [3.05, 3.63) is 209 Å². The molecule has 7 aromatic rings. The highest BCUT2D eigenvalue weighted by atomic mass is 16.5. The predicted octanol–water partition coefficient (Wildman–Crippen LogP) is 8.74. The van der Waals surface area contributed by atoms with Crippen LogP contribution in [-0.4, -0.2) is 23.8 Å². The van der Waals surface area contributed by atoms with Crippen LogP contribution in [0.3, 0.4) is 0 Å². The molecular formula is C46H42B2N2O3. The lowest BCUT2D eigenvalue weighted by molar-refractivity contribution is 0.250. The Morgan fingerprint density at radius 3 is 1.45 bits per heavy atom. The second kappa shape index (κ2) is 16.7. The first-order valence-corrected chi connectivity index (χ1v) is 18.1. The van der Waals surface area contributed by atoms with Gasteiger partial charge < -0.3 is 14.0 Å². The van der Waals surface area contributed by atoms with Crippen LogP contribution in [0.15, 0.2) is 170 Å². The highest BCUT2D eigenvalue weighted by Gasteiger charge is 2.28. The fraction of sp³-hybridized carbons (Fsp3) is 0.130. The average Bonchev–Trinajstić information content (AvgIpc) is 3.19. The molecule has 0 bridgehead atoms. The maximum Gasteiger partial charge on any atom is 0.362 e. The van der Waals surface area contributed by atoms with Crippen molar-refractivity contribution in [2.75, 3.05) is 0 Å². The Kier molecular flexibility index (Phi) is 11.2. The van der Waals surface area contributed by atoms with Crippen LogP contribution in [0, 0.1) is 20.8 Å². The molecular weight excluding hydrogens is 650 g/mol. The molecule has 0 radical (unpaired) electrons. The first-order chi connectivity index (χ1) is 25.9. The number of hydrogen-bond acceptors (Lipinski definition) is 5. The Morgan fingerprint density at radius 1 is 0.453 bits per heavy atom. The molecule has 0 fully saturated rings. The van der Waals surface area contributed by atoms with Crippen molar-refractivity contribution in [3.63, 3.8) is 0 Å². The molecule has 5 aromatic carbocycles. The molecule has 0 aliphatic rings. The van der Waals surface area contributed by atoms with Crippen LogP contribution < -0.4 is 21.1 Å². The van der Waals surface area contributed by atoms with E-state index in [1.165, 1.54) is 16.7 Å². The molecule has 0 aliphatic heterocycles. The van der Waals surface area contributed by atoms with Crippen LogP contribution in [0.1, 0.15) is 51.4 Å². The van der Waals surface area contributed by atoms with Crippen molar-refractivity contribution in [3.8, 4) is 11.5 Å². The van der Waals surface area contributed by atoms with E-state index in [1.54, 1.807) is 0 Å². The van der Waals surface area contributed by atoms with E-state index in [-0.39, 0.29) is 26.0 Å². The summed E-state index contributed by atoms with van der Waals surface area (Å²) >= 11 is 0. The second-order valence-corrected chi connectivity index (χ2v) is 13.5. The van der Waals surface area contributed by atoms with Crippen molar-refractivity contribution in [2.24, 2.45) is 0 Å². The predicted molar refractivity (Wildman–Crippen MR) is 217 cm³/mol. The van der Waals surface area contributed by atoms with Crippen LogP contribution in [0.5, 0.6) is 11.5 Å². The molecule has 5 nitrogen and oxygen atoms in total. The molecule has 7 rings (SSSR count). The lowest BCUT2D eigenvalue weighted by atomic mass is 9.55. The third-order valence-corrected chi connectivity index (χ3v) is 9.40. The van der Waals surface area contributed by atoms with Gasteiger partial charge in [0.25, 0.3) is 0 Å². The van der Waals surface area contributed by atoms with Crippen molar-refractivity contribution < 1.29 is 14.0 Å². The van der Waals surface area contributed by atoms with Gasteiger partial charge in [-0.05, 0) is 96.8 Å². The largest absolute Gasteiger partial charge is 0.457 e. The van der Waals surface area contributed by atoms with Gasteiger partial charge in [-0.25, -0.2) is 0 Å². The zero-order valence-corrected chi connectivity index (χ0v) is 30.6. The quantitative estimate of drug-likeness (QED) is 0.113. The summed E-state index contributed by atoms with van der Waals surface area (Å²) < 4.78 is 20.0. The smallest absolute Gasteiger partial charge is 0.362 e. The van der Waals surface area contributed by atoms with E-state index in [9.17, 15) is 0 Å². The zero-order chi connectivity index (χ0) is 36.6. The highest BCUT2D eigenvalue weighted by Crippen LogP contribution is 2.28. The Labute approximate surface area is 313 Å². The standard InChI is InChI=1S/C46H42B2N2O3/c1-33-14-18-36(19-15-33)45(43-12-5-7-30-49-43)52-47(4)38-22-26-41(27-23-38)51-42-28-24-39(25-29-42)48(40-11-9-10-35(3)32-40)53-46(44-13-6-8-31-50-44)37-20-16-34(2)17-21-37/h5-32,45-46H,1-4H3. The van der Waals surface area contributed by atoms with Gasteiger partial charge >= 0.3 is 13.8 Å². The molecule has 260 valence electrons. The summed E-state index contributed by atoms with van der Waals surface area (Å²) in [6.07, 6.45) is 2.98. The summed E-state index contributed by atoms with van der Waals surface area (Å²) in [4.78, 5) is 9.31. The fourth-order valence-electron chi connectivity index (χ4n) is 6.44. The minimum Gasteiger partial charge on any atom is -0.457 e. The number of pyridine rings is 2. The lowest BCUT2D eigenvalue weighted by Crippen LogP contribution is -2.46. The average molecular weight is 692 g/mol. The van der Waals surface area contributed by atoms with Gasteiger partial charge in [0.05, 0.1) is 11.4 Å². The van der Waals surface area contributed by atoms with E-state index in [1.807, 2.05) is 73.1 Å². The molecule has 2 unspecified atom stereocenters. The minimum absolute atomic E-state index is 0.176. The molecule has 53 heavy (non-hydrogen) atoms. The fourth-order valence-corrected chi connectivity index (χ4v) is 6.44. The first kappa shape index (κ1) is 35.6. The Bertz CT molecular complexity index is 2200. The van der Waals surface area contributed by atoms with E-state index in [4.69, 9.17) is 19.0 Å². The van der Waals surface area contributed by atoms with Gasteiger partial charge in [-0.1, -0.05) is 133 Å². The number of aromatic nitrogens is 2. The van der Waals surface area contributed by atoms with E-state index in [0.717, 1.165) is 50.4 Å². The zero-order valence-electron chi connectivity index (χ0n) is 30.6. The summed E-state index contributed by atoms with van der Waals surface area (Å²) in [5.74, 6) is 1.48. The number of ether oxygens (including phenoxy) is 1. The van der Waals surface area contributed by atoms with Crippen molar-refractivity contribution in [1.82, 2.24) is 9.97 Å². The normalized spacial score (nSPS) is 12.2. The van der Waals surface area contributed by atoms with E-state index in [0.29, 0.717) is 0 Å². The lowest BCUT2D eigenvalue weighted by Gasteiger charge is -2.24. The van der Waals surface area contributed by atoms with Gasteiger partial charge in [0.15, 0.2) is 0 Å². The summed E-state index contributed by atoms with van der Waals surface area (Å²) in [7, 11) is 0. The number of hydrogen-bond donors (Lipinski definition) is 0. The molecule has 0 aliphatic carbocycles. The molecule has 0 amide bonds. The van der Waals surface area contributed by atoms with Crippen LogP contribution in [0.25, 0.3) is 0 Å². The Morgan fingerprint density at radius 2 is 0.962 bits per heavy atom. The SMILES string of the molecule is CB(OC(c1ccc(C)cc1)c1ccccn1)c1ccc(Oc2ccc(B(OC(c3ccc(C)cc3)c3ccccn3)c3cccc(C)c3)cc2)cc1. The number of benzene rings is 5. The van der Waals surface area contributed by atoms with Gasteiger partial charge in [0, 0.05) is 12.4 Å². The third-order valence-electron chi connectivity index (χ3n) is 9.40. The van der Waals surface area contributed by atoms with Gasteiger partial charge in [-0.2, -0.15) is 0 Å². The monoisotopic (exact) mass is 692 g/mol. The summed E-state index contributed by atoms with van der Waals surface area (Å²) in [5, 5.41) is 0. The van der Waals surface area contributed by atoms with Crippen molar-refractivity contribution in [1.29, 1.82) is 0 Å². The molecule has 0 spiro atoms. The number of rotatable bonds is 13. The van der Waals surface area contributed by atoms with E-state index < -0.39 is 0 Å². The summed E-state index contributed by atoms with van der Waals surface area (Å²) in [5.41, 5.74) is 10.6. The van der Waals surface area contributed by atoms with Gasteiger partial charge in [0.2, 0.25) is 0 Å². The number of nitrogens with zero attached hydrogens (tertiary/aromatic N) is 2. The molecule has 0 N–H and O–H groups in total. The molecule has 2 atom stereocenters. The highest BCUT2D eigenvalue weighted by molar-refractivity contribution is 6.80. The van der Waals surface area contributed by atoms with Gasteiger partial charge in [-0.3, -0.25) is 9.97 Å². The van der Waals surface area contributed by atoms with Crippen molar-refractivity contribution in [2.45, 2.75) is 39.8 Å². The van der Waals surface area contributed by atoms with Crippen molar-refractivity contribution >= 4 is 30.2 Å². The Balaban J connectivity index is 1.09. The molecule has 2 aromatic heterocycles. The maximum atomic E-state index is 7.05. The topological polar surface area (TPSA) is 53.5 Å². The first-order valence-electron chi connectivity index (χ1n) is 18.1. The number of aryl methyl sites for hydroxylation is 3. The van der Waals surface area contributed by atoms with Crippen LogP contribution in [0.2, 0.25) is 6.82 Å². The minimum atomic E-state index is -0.362. The summed E-state index contributed by atoms with van der Waals surface area (Å²) in [6, 6.07) is 53.6. The summed E-state index contributed by atoms with van der Waals surface area (Å²) in [6.45, 7) is 7.84.